The molecule has 0 saturated carbocycles. The van der Waals surface area contributed by atoms with Gasteiger partial charge in [-0.1, -0.05) is 12.2 Å². The van der Waals surface area contributed by atoms with Crippen molar-refractivity contribution >= 4 is 0 Å². The van der Waals surface area contributed by atoms with Gasteiger partial charge in [0.05, 0.1) is 85.9 Å². The summed E-state index contributed by atoms with van der Waals surface area (Å²) < 4.78 is 37.5. The van der Waals surface area contributed by atoms with Crippen LogP contribution in [0.5, 0.6) is 0 Å². The lowest BCUT2D eigenvalue weighted by molar-refractivity contribution is -0.0194. The van der Waals surface area contributed by atoms with Crippen molar-refractivity contribution in [1.29, 1.82) is 0 Å². The van der Waals surface area contributed by atoms with Gasteiger partial charge in [0.15, 0.2) is 0 Å². The first-order valence-electron chi connectivity index (χ1n) is 10.8. The van der Waals surface area contributed by atoms with Gasteiger partial charge in [-0.05, 0) is 0 Å². The summed E-state index contributed by atoms with van der Waals surface area (Å²) >= 11 is 0. The van der Waals surface area contributed by atoms with Crippen LogP contribution < -0.4 is 0 Å². The molecule has 0 rings (SSSR count). The van der Waals surface area contributed by atoms with Crippen molar-refractivity contribution < 1.29 is 33.2 Å². The maximum absolute atomic E-state index is 7.44. The van der Waals surface area contributed by atoms with E-state index in [4.69, 9.17) is 39.7 Å². The Morgan fingerprint density at radius 3 is 1.23 bits per heavy atom. The van der Waals surface area contributed by atoms with Crippen LogP contribution in [0.1, 0.15) is 19.3 Å². The van der Waals surface area contributed by atoms with Crippen LogP contribution in [0.25, 0.3) is 4.85 Å². The van der Waals surface area contributed by atoms with Gasteiger partial charge >= 0.3 is 0 Å². The van der Waals surface area contributed by atoms with Crippen molar-refractivity contribution in [2.45, 2.75) is 24.8 Å². The Kier molecular flexibility index (Phi) is 22.4. The molecular weight excluding hydrogens is 402 g/mol. The lowest BCUT2D eigenvalue weighted by Gasteiger charge is -2.19. The highest BCUT2D eigenvalue weighted by molar-refractivity contribution is 5.05. The number of ether oxygens (including phenoxy) is 7. The van der Waals surface area contributed by atoms with Gasteiger partial charge in [0.2, 0.25) is 5.54 Å². The zero-order valence-electron chi connectivity index (χ0n) is 19.2. The van der Waals surface area contributed by atoms with Gasteiger partial charge in [-0.2, -0.15) is 0 Å². The SMILES string of the molecule is [C-]#[N+]C(CC=C)(CC=C)CCOCCOCCOCCOCCOCCOCCOC. The molecule has 0 aliphatic heterocycles. The molecule has 0 unspecified atom stereocenters. The molecule has 0 bridgehead atoms. The molecule has 8 heteroatoms. The molecule has 0 amide bonds. The topological polar surface area (TPSA) is 69.0 Å². The maximum Gasteiger partial charge on any atom is 0.241 e. The summed E-state index contributed by atoms with van der Waals surface area (Å²) in [5.74, 6) is 0. The van der Waals surface area contributed by atoms with E-state index in [2.05, 4.69) is 18.0 Å². The van der Waals surface area contributed by atoms with E-state index in [0.29, 0.717) is 105 Å². The molecule has 0 saturated heterocycles. The Labute approximate surface area is 188 Å². The van der Waals surface area contributed by atoms with Gasteiger partial charge in [0.25, 0.3) is 0 Å². The Balaban J connectivity index is 3.32. The number of hydrogen-bond acceptors (Lipinski definition) is 7. The molecular formula is C23H41NO7. The normalized spacial score (nSPS) is 11.4. The van der Waals surface area contributed by atoms with Crippen LogP contribution in [0.15, 0.2) is 25.3 Å². The molecule has 180 valence electrons. The number of methoxy groups -OCH3 is 1. The van der Waals surface area contributed by atoms with Gasteiger partial charge in [0.1, 0.15) is 0 Å². The standard InChI is InChI=1S/C23H41NO7/c1-5-7-23(24-3,8-6-2)9-10-26-13-14-28-17-18-30-21-22-31-20-19-29-16-15-27-12-11-25-4/h5-6H,1-2,7-22H2,4H3. The third kappa shape index (κ3) is 19.1. The molecule has 8 nitrogen and oxygen atoms in total. The van der Waals surface area contributed by atoms with Crippen LogP contribution >= 0.6 is 0 Å². The highest BCUT2D eigenvalue weighted by atomic mass is 16.6. The minimum Gasteiger partial charge on any atom is -0.382 e. The second kappa shape index (κ2) is 23.4. The molecule has 0 aliphatic carbocycles. The second-order valence-electron chi connectivity index (χ2n) is 6.74. The maximum atomic E-state index is 7.44. The van der Waals surface area contributed by atoms with Crippen molar-refractivity contribution in [3.63, 3.8) is 0 Å². The van der Waals surface area contributed by atoms with Crippen molar-refractivity contribution in [2.75, 3.05) is 93.0 Å². The summed E-state index contributed by atoms with van der Waals surface area (Å²) in [6.07, 6.45) is 5.50. The molecule has 0 fully saturated rings. The third-order valence-electron chi connectivity index (χ3n) is 4.29. The minimum absolute atomic E-state index is 0.481. The van der Waals surface area contributed by atoms with Gasteiger partial charge in [0, 0.05) is 26.4 Å². The summed E-state index contributed by atoms with van der Waals surface area (Å²) in [6, 6.07) is 0. The highest BCUT2D eigenvalue weighted by Gasteiger charge is 2.33. The van der Waals surface area contributed by atoms with Gasteiger partial charge in [-0.15, -0.1) is 13.2 Å². The average Bonchev–Trinajstić information content (AvgIpc) is 2.78. The van der Waals surface area contributed by atoms with E-state index in [0.717, 1.165) is 0 Å². The molecule has 0 spiro atoms. The van der Waals surface area contributed by atoms with E-state index in [-0.39, 0.29) is 0 Å². The van der Waals surface area contributed by atoms with E-state index in [9.17, 15) is 0 Å². The average molecular weight is 444 g/mol. The van der Waals surface area contributed by atoms with Crippen LogP contribution in [-0.2, 0) is 33.2 Å². The molecule has 0 aliphatic rings. The summed E-state index contributed by atoms with van der Waals surface area (Å²) in [6.45, 7) is 21.9. The fourth-order valence-electron chi connectivity index (χ4n) is 2.58. The lowest BCUT2D eigenvalue weighted by atomic mass is 9.89. The summed E-state index contributed by atoms with van der Waals surface area (Å²) in [5, 5.41) is 0. The Morgan fingerprint density at radius 1 is 0.613 bits per heavy atom. The van der Waals surface area contributed by atoms with Crippen molar-refractivity contribution in [2.24, 2.45) is 0 Å². The van der Waals surface area contributed by atoms with E-state index >= 15 is 0 Å². The fraction of sp³-hybridized carbons (Fsp3) is 0.783. The predicted octanol–water partition coefficient (Wildman–Crippen LogP) is 2.93. The molecule has 0 N–H and O–H groups in total. The molecule has 0 aromatic heterocycles. The first kappa shape index (κ1) is 29.7. The number of nitrogens with zero attached hydrogens (tertiary/aromatic N) is 1. The van der Waals surface area contributed by atoms with Crippen LogP contribution in [0.3, 0.4) is 0 Å². The molecule has 0 radical (unpaired) electrons. The van der Waals surface area contributed by atoms with Gasteiger partial charge in [-0.25, -0.2) is 6.57 Å². The minimum atomic E-state index is -0.481. The predicted molar refractivity (Wildman–Crippen MR) is 120 cm³/mol. The molecule has 0 aromatic carbocycles. The van der Waals surface area contributed by atoms with Gasteiger partial charge < -0.3 is 38.0 Å². The van der Waals surface area contributed by atoms with Gasteiger partial charge in [-0.3, -0.25) is 0 Å². The Hall–Kier alpha value is -1.31. The fourth-order valence-corrected chi connectivity index (χ4v) is 2.58. The van der Waals surface area contributed by atoms with E-state index < -0.39 is 5.54 Å². The summed E-state index contributed by atoms with van der Waals surface area (Å²) in [4.78, 5) is 3.77. The van der Waals surface area contributed by atoms with Crippen molar-refractivity contribution in [3.8, 4) is 0 Å². The van der Waals surface area contributed by atoms with Crippen molar-refractivity contribution in [1.82, 2.24) is 0 Å². The lowest BCUT2D eigenvalue weighted by Crippen LogP contribution is -2.25. The third-order valence-corrected chi connectivity index (χ3v) is 4.29. The Morgan fingerprint density at radius 2 is 0.935 bits per heavy atom. The largest absolute Gasteiger partial charge is 0.382 e. The first-order chi connectivity index (χ1) is 15.2. The van der Waals surface area contributed by atoms with Crippen LogP contribution in [0, 0.1) is 6.57 Å². The Bertz CT molecular complexity index is 444. The van der Waals surface area contributed by atoms with Crippen LogP contribution in [-0.4, -0.2) is 98.5 Å². The zero-order valence-corrected chi connectivity index (χ0v) is 19.2. The molecule has 0 heterocycles. The number of hydrogen-bond donors (Lipinski definition) is 0. The van der Waals surface area contributed by atoms with Crippen molar-refractivity contribution in [3.05, 3.63) is 36.7 Å². The van der Waals surface area contributed by atoms with Crippen LogP contribution in [0.4, 0.5) is 0 Å². The molecule has 0 aromatic rings. The van der Waals surface area contributed by atoms with E-state index in [1.54, 1.807) is 19.3 Å². The summed E-state index contributed by atoms with van der Waals surface area (Å²) in [5.41, 5.74) is -0.481. The quantitative estimate of drug-likeness (QED) is 0.122. The second-order valence-corrected chi connectivity index (χ2v) is 6.74. The highest BCUT2D eigenvalue weighted by Crippen LogP contribution is 2.26. The first-order valence-corrected chi connectivity index (χ1v) is 10.8. The van der Waals surface area contributed by atoms with Crippen LogP contribution in [0.2, 0.25) is 0 Å². The molecule has 31 heavy (non-hydrogen) atoms. The monoisotopic (exact) mass is 443 g/mol. The zero-order chi connectivity index (χ0) is 22.9. The number of rotatable bonds is 25. The van der Waals surface area contributed by atoms with E-state index in [1.807, 2.05) is 0 Å². The smallest absolute Gasteiger partial charge is 0.241 e. The van der Waals surface area contributed by atoms with E-state index in [1.165, 1.54) is 0 Å². The summed E-state index contributed by atoms with van der Waals surface area (Å²) in [7, 11) is 1.64. The molecule has 0 atom stereocenters.